The molecular weight excluding hydrogens is 458 g/mol. The maximum Gasteiger partial charge on any atom is 0.413 e. The molecule has 1 aliphatic rings. The van der Waals surface area contributed by atoms with E-state index < -0.39 is 73.5 Å². The third-order valence-corrected chi connectivity index (χ3v) is 4.34. The van der Waals surface area contributed by atoms with Crippen LogP contribution in [0.25, 0.3) is 0 Å². The quantitative estimate of drug-likeness (QED) is 0.184. The van der Waals surface area contributed by atoms with Gasteiger partial charge >= 0.3 is 35.9 Å². The van der Waals surface area contributed by atoms with Gasteiger partial charge in [-0.15, -0.1) is 0 Å². The molecule has 0 spiro atoms. The largest absolute Gasteiger partial charge is 0.466 e. The molecule has 2 atom stereocenters. The molecule has 190 valence electrons. The van der Waals surface area contributed by atoms with Crippen LogP contribution in [0.3, 0.4) is 0 Å². The van der Waals surface area contributed by atoms with Crippen LogP contribution in [0.2, 0.25) is 0 Å². The number of likely N-dealkylation sites (tertiary alicyclic amines) is 1. The molecule has 1 saturated heterocycles. The number of hydrogen-bond acceptors (Lipinski definition) is 12. The molecule has 34 heavy (non-hydrogen) atoms. The van der Waals surface area contributed by atoms with E-state index in [4.69, 9.17) is 23.7 Å². The van der Waals surface area contributed by atoms with E-state index in [0.717, 1.165) is 24.2 Å². The summed E-state index contributed by atoms with van der Waals surface area (Å²) in [6.45, 7) is 4.77. The Morgan fingerprint density at radius 3 is 1.88 bits per heavy atom. The van der Waals surface area contributed by atoms with Crippen LogP contribution in [0.4, 0.5) is 4.79 Å². The first-order valence-electron chi connectivity index (χ1n) is 10.4. The van der Waals surface area contributed by atoms with Crippen LogP contribution in [0.5, 0.6) is 0 Å². The monoisotopic (exact) mass is 487 g/mol. The first-order chi connectivity index (χ1) is 16.0. The Morgan fingerprint density at radius 1 is 0.824 bits per heavy atom. The summed E-state index contributed by atoms with van der Waals surface area (Å²) >= 11 is 0. The Balaban J connectivity index is 2.80. The van der Waals surface area contributed by atoms with E-state index in [-0.39, 0.29) is 13.0 Å². The van der Waals surface area contributed by atoms with Crippen LogP contribution in [-0.4, -0.2) is 80.2 Å². The Morgan fingerprint density at radius 2 is 1.35 bits per heavy atom. The second-order valence-electron chi connectivity index (χ2n) is 7.66. The van der Waals surface area contributed by atoms with Gasteiger partial charge in [0.1, 0.15) is 12.1 Å². The van der Waals surface area contributed by atoms with E-state index in [1.54, 1.807) is 27.7 Å². The minimum absolute atomic E-state index is 0.157. The lowest BCUT2D eigenvalue weighted by Gasteiger charge is -2.22. The first-order valence-corrected chi connectivity index (χ1v) is 10.4. The smallest absolute Gasteiger partial charge is 0.413 e. The zero-order chi connectivity index (χ0) is 25.8. The minimum atomic E-state index is -1.24. The molecule has 0 radical (unpaired) electrons. The number of hydrogen-bond donors (Lipinski definition) is 0. The van der Waals surface area contributed by atoms with Gasteiger partial charge in [-0.2, -0.15) is 0 Å². The van der Waals surface area contributed by atoms with Crippen molar-refractivity contribution < 1.29 is 57.2 Å². The normalized spacial score (nSPS) is 17.4. The first kappa shape index (κ1) is 28.4. The fourth-order valence-electron chi connectivity index (χ4n) is 2.51. The van der Waals surface area contributed by atoms with Gasteiger partial charge in [-0.3, -0.25) is 14.5 Å². The highest BCUT2D eigenvalue weighted by Crippen LogP contribution is 2.23. The second kappa shape index (κ2) is 13.8. The van der Waals surface area contributed by atoms with E-state index in [1.807, 2.05) is 0 Å². The molecule has 0 aliphatic carbocycles. The number of ether oxygens (including phenoxy) is 6. The average molecular weight is 487 g/mol. The Kier molecular flexibility index (Phi) is 11.5. The summed E-state index contributed by atoms with van der Waals surface area (Å²) < 4.78 is 28.9. The van der Waals surface area contributed by atoms with E-state index in [0.29, 0.717) is 0 Å². The molecule has 0 N–H and O–H groups in total. The standard InChI is InChI=1S/C21H29NO12/c1-12(2)18(25)30-10-32-20(27)15-8-14(34-17(24)7-6-16(23)29-5)9-22(15)21(28)33-11-31-19(26)13(3)4/h6-7,12-15H,8-11H2,1-5H3/b7-6+/t14-,15+/m1/s1. The van der Waals surface area contributed by atoms with Crippen LogP contribution in [-0.2, 0) is 52.4 Å². The van der Waals surface area contributed by atoms with Gasteiger partial charge in [0.15, 0.2) is 0 Å². The highest BCUT2D eigenvalue weighted by molar-refractivity contribution is 5.91. The van der Waals surface area contributed by atoms with Crippen LogP contribution >= 0.6 is 0 Å². The lowest BCUT2D eigenvalue weighted by molar-refractivity contribution is -0.172. The third kappa shape index (κ3) is 9.46. The molecule has 0 aromatic rings. The Bertz CT molecular complexity index is 758. The van der Waals surface area contributed by atoms with Crippen LogP contribution in [0.15, 0.2) is 12.2 Å². The molecule has 1 heterocycles. The van der Waals surface area contributed by atoms with E-state index in [1.165, 1.54) is 0 Å². The maximum absolute atomic E-state index is 12.5. The van der Waals surface area contributed by atoms with Gasteiger partial charge in [0.05, 0.1) is 25.5 Å². The van der Waals surface area contributed by atoms with Crippen molar-refractivity contribution in [3.63, 3.8) is 0 Å². The number of carbonyl (C=O) groups is 6. The predicted octanol–water partition coefficient (Wildman–Crippen LogP) is 0.695. The fourth-order valence-corrected chi connectivity index (χ4v) is 2.51. The molecule has 0 bridgehead atoms. The molecule has 1 fully saturated rings. The van der Waals surface area contributed by atoms with Gasteiger partial charge in [-0.05, 0) is 0 Å². The van der Waals surface area contributed by atoms with E-state index in [2.05, 4.69) is 4.74 Å². The van der Waals surface area contributed by atoms with Crippen LogP contribution in [0.1, 0.15) is 34.1 Å². The van der Waals surface area contributed by atoms with Gasteiger partial charge < -0.3 is 28.4 Å². The van der Waals surface area contributed by atoms with Crippen LogP contribution < -0.4 is 0 Å². The summed E-state index contributed by atoms with van der Waals surface area (Å²) in [5, 5.41) is 0. The number of carbonyl (C=O) groups excluding carboxylic acids is 6. The minimum Gasteiger partial charge on any atom is -0.466 e. The number of amides is 1. The number of esters is 5. The van der Waals surface area contributed by atoms with Crippen molar-refractivity contribution >= 4 is 35.9 Å². The molecule has 0 saturated carbocycles. The fraction of sp³-hybridized carbons (Fsp3) is 0.619. The number of nitrogens with zero attached hydrogens (tertiary/aromatic N) is 1. The topological polar surface area (TPSA) is 161 Å². The molecule has 13 nitrogen and oxygen atoms in total. The Labute approximate surface area is 196 Å². The van der Waals surface area contributed by atoms with Crippen molar-refractivity contribution in [1.29, 1.82) is 0 Å². The maximum atomic E-state index is 12.5. The Hall–Kier alpha value is -3.64. The molecular formula is C21H29NO12. The van der Waals surface area contributed by atoms with Gasteiger partial charge in [0.2, 0.25) is 13.6 Å². The van der Waals surface area contributed by atoms with Gasteiger partial charge in [0, 0.05) is 18.6 Å². The zero-order valence-electron chi connectivity index (χ0n) is 19.6. The van der Waals surface area contributed by atoms with Gasteiger partial charge in [-0.25, -0.2) is 19.2 Å². The van der Waals surface area contributed by atoms with E-state index >= 15 is 0 Å². The summed E-state index contributed by atoms with van der Waals surface area (Å²) in [4.78, 5) is 71.9. The van der Waals surface area contributed by atoms with Crippen molar-refractivity contribution in [2.24, 2.45) is 11.8 Å². The SMILES string of the molecule is COC(=O)/C=C/C(=O)O[C@@H]1C[C@@H](C(=O)OCOC(=O)C(C)C)N(C(=O)OCOC(=O)C(C)C)C1. The summed E-state index contributed by atoms with van der Waals surface area (Å²) in [7, 11) is 1.13. The highest BCUT2D eigenvalue weighted by Gasteiger charge is 2.43. The number of rotatable bonds is 10. The molecule has 13 heteroatoms. The summed E-state index contributed by atoms with van der Waals surface area (Å²) in [5.74, 6) is -4.68. The lowest BCUT2D eigenvalue weighted by atomic mass is 10.2. The van der Waals surface area contributed by atoms with Crippen LogP contribution in [0, 0.1) is 11.8 Å². The average Bonchev–Trinajstić information content (AvgIpc) is 3.20. The lowest BCUT2D eigenvalue weighted by Crippen LogP contribution is -2.42. The summed E-state index contributed by atoms with van der Waals surface area (Å²) in [6.07, 6.45) is -0.453. The summed E-state index contributed by atoms with van der Waals surface area (Å²) in [5.41, 5.74) is 0. The van der Waals surface area contributed by atoms with Crippen molar-refractivity contribution in [3.8, 4) is 0 Å². The van der Waals surface area contributed by atoms with Crippen molar-refractivity contribution in [2.75, 3.05) is 27.2 Å². The molecule has 1 rings (SSSR count). The van der Waals surface area contributed by atoms with Crippen molar-refractivity contribution in [2.45, 2.75) is 46.3 Å². The van der Waals surface area contributed by atoms with Gasteiger partial charge in [0.25, 0.3) is 0 Å². The molecule has 0 aromatic carbocycles. The van der Waals surface area contributed by atoms with E-state index in [9.17, 15) is 28.8 Å². The second-order valence-corrected chi connectivity index (χ2v) is 7.66. The highest BCUT2D eigenvalue weighted by atomic mass is 16.7. The molecule has 1 aliphatic heterocycles. The zero-order valence-corrected chi connectivity index (χ0v) is 19.6. The molecule has 0 aromatic heterocycles. The third-order valence-electron chi connectivity index (χ3n) is 4.34. The number of methoxy groups -OCH3 is 1. The summed E-state index contributed by atoms with van der Waals surface area (Å²) in [6, 6.07) is -1.24. The molecule has 1 amide bonds. The van der Waals surface area contributed by atoms with Gasteiger partial charge in [-0.1, -0.05) is 27.7 Å². The predicted molar refractivity (Wildman–Crippen MR) is 110 cm³/mol. The molecule has 0 unspecified atom stereocenters. The van der Waals surface area contributed by atoms with Crippen molar-refractivity contribution in [1.82, 2.24) is 4.90 Å². The van der Waals surface area contributed by atoms with Crippen molar-refractivity contribution in [3.05, 3.63) is 12.2 Å².